The Morgan fingerprint density at radius 3 is 2.29 bits per heavy atom. The molecule has 2 amide bonds. The van der Waals surface area contributed by atoms with Gasteiger partial charge in [-0.3, -0.25) is 9.59 Å². The van der Waals surface area contributed by atoms with Gasteiger partial charge in [0.05, 0.1) is 16.2 Å². The van der Waals surface area contributed by atoms with Crippen molar-refractivity contribution in [2.45, 2.75) is 9.79 Å². The van der Waals surface area contributed by atoms with Crippen LogP contribution in [0.1, 0.15) is 10.4 Å². The first-order chi connectivity index (χ1) is 14.7. The number of carbonyl (C=O) groups excluding carboxylic acids is 2. The number of sulfonamides is 1. The minimum absolute atomic E-state index is 0.0471. The Kier molecular flexibility index (Phi) is 7.06. The minimum atomic E-state index is -3.79. The van der Waals surface area contributed by atoms with Crippen LogP contribution in [0.2, 0.25) is 0 Å². The van der Waals surface area contributed by atoms with Crippen LogP contribution < -0.4 is 15.8 Å². The van der Waals surface area contributed by atoms with Crippen molar-refractivity contribution in [3.05, 3.63) is 84.2 Å². The number of nitrogens with one attached hydrogen (secondary N) is 2. The van der Waals surface area contributed by atoms with Crippen molar-refractivity contribution in [1.82, 2.24) is 0 Å². The quantitative estimate of drug-likeness (QED) is 0.468. The Morgan fingerprint density at radius 1 is 0.903 bits per heavy atom. The molecule has 0 aliphatic rings. The molecule has 0 bridgehead atoms. The van der Waals surface area contributed by atoms with Crippen LogP contribution >= 0.6 is 11.8 Å². The van der Waals surface area contributed by atoms with Crippen molar-refractivity contribution in [2.75, 3.05) is 16.4 Å². The van der Waals surface area contributed by atoms with Gasteiger partial charge in [0.1, 0.15) is 5.82 Å². The maximum atomic E-state index is 13.7. The van der Waals surface area contributed by atoms with Gasteiger partial charge in [-0.05, 0) is 54.6 Å². The Balaban J connectivity index is 1.56. The molecule has 0 fully saturated rings. The fourth-order valence-corrected chi connectivity index (χ4v) is 3.85. The van der Waals surface area contributed by atoms with Crippen LogP contribution in [0, 0.1) is 5.82 Å². The standard InChI is InChI=1S/C21H18FN3O4S2/c22-19-7-2-1-6-18(19)21(27)25-15-4-3-5-16(12-15)30-13-20(26)24-14-8-10-17(11-9-14)31(23,28)29/h1-12H,13H2,(H,24,26)(H,25,27)(H2,23,28,29). The van der Waals surface area contributed by atoms with Crippen LogP contribution in [-0.2, 0) is 14.8 Å². The zero-order valence-electron chi connectivity index (χ0n) is 16.0. The second-order valence-corrected chi connectivity index (χ2v) is 8.98. The summed E-state index contributed by atoms with van der Waals surface area (Å²) >= 11 is 1.24. The third-order valence-electron chi connectivity index (χ3n) is 4.05. The molecule has 3 aromatic carbocycles. The maximum absolute atomic E-state index is 13.7. The molecule has 0 atom stereocenters. The molecular formula is C21H18FN3O4S2. The van der Waals surface area contributed by atoms with Gasteiger partial charge in [-0.1, -0.05) is 18.2 Å². The molecular weight excluding hydrogens is 441 g/mol. The Morgan fingerprint density at radius 2 is 1.61 bits per heavy atom. The molecule has 0 saturated heterocycles. The number of halogens is 1. The number of hydrogen-bond donors (Lipinski definition) is 3. The van der Waals surface area contributed by atoms with E-state index in [-0.39, 0.29) is 22.1 Å². The van der Waals surface area contributed by atoms with Gasteiger partial charge in [-0.2, -0.15) is 0 Å². The second-order valence-electron chi connectivity index (χ2n) is 6.37. The lowest BCUT2D eigenvalue weighted by atomic mass is 10.2. The van der Waals surface area contributed by atoms with Gasteiger partial charge in [0.2, 0.25) is 15.9 Å². The normalized spacial score (nSPS) is 11.0. The van der Waals surface area contributed by atoms with Gasteiger partial charge >= 0.3 is 0 Å². The summed E-state index contributed by atoms with van der Waals surface area (Å²) in [7, 11) is -3.79. The predicted octanol–water partition coefficient (Wildman–Crippen LogP) is 3.46. The van der Waals surface area contributed by atoms with Gasteiger partial charge in [0.25, 0.3) is 5.91 Å². The van der Waals surface area contributed by atoms with E-state index in [1.807, 2.05) is 0 Å². The van der Waals surface area contributed by atoms with Gasteiger partial charge in [-0.25, -0.2) is 17.9 Å². The molecule has 3 rings (SSSR count). The summed E-state index contributed by atoms with van der Waals surface area (Å²) in [5, 5.41) is 10.3. The number of thioether (sulfide) groups is 1. The van der Waals surface area contributed by atoms with E-state index in [0.717, 1.165) is 4.90 Å². The van der Waals surface area contributed by atoms with E-state index in [2.05, 4.69) is 10.6 Å². The van der Waals surface area contributed by atoms with E-state index in [1.54, 1.807) is 30.3 Å². The fraction of sp³-hybridized carbons (Fsp3) is 0.0476. The molecule has 4 N–H and O–H groups in total. The molecule has 160 valence electrons. The van der Waals surface area contributed by atoms with Crippen molar-refractivity contribution in [1.29, 1.82) is 0 Å². The van der Waals surface area contributed by atoms with Crippen LogP contribution in [0.3, 0.4) is 0 Å². The largest absolute Gasteiger partial charge is 0.325 e. The number of carbonyl (C=O) groups is 2. The highest BCUT2D eigenvalue weighted by Crippen LogP contribution is 2.23. The number of rotatable bonds is 7. The SMILES string of the molecule is NS(=O)(=O)c1ccc(NC(=O)CSc2cccc(NC(=O)c3ccccc3F)c2)cc1. The molecule has 0 radical (unpaired) electrons. The average molecular weight is 460 g/mol. The van der Waals surface area contributed by atoms with Crippen LogP contribution in [0.5, 0.6) is 0 Å². The zero-order chi connectivity index (χ0) is 22.4. The molecule has 0 aliphatic carbocycles. The van der Waals surface area contributed by atoms with Crippen molar-refractivity contribution >= 4 is 45.0 Å². The van der Waals surface area contributed by atoms with Crippen molar-refractivity contribution in [3.63, 3.8) is 0 Å². The van der Waals surface area contributed by atoms with E-state index in [4.69, 9.17) is 5.14 Å². The Bertz CT molecular complexity index is 1220. The number of amides is 2. The van der Waals surface area contributed by atoms with E-state index in [1.165, 1.54) is 54.2 Å². The first-order valence-electron chi connectivity index (χ1n) is 8.94. The Labute approximate surface area is 182 Å². The summed E-state index contributed by atoms with van der Waals surface area (Å²) in [6.07, 6.45) is 0. The van der Waals surface area contributed by atoms with Crippen LogP contribution in [0.25, 0.3) is 0 Å². The fourth-order valence-electron chi connectivity index (χ4n) is 2.58. The second kappa shape index (κ2) is 9.73. The van der Waals surface area contributed by atoms with E-state index >= 15 is 0 Å². The zero-order valence-corrected chi connectivity index (χ0v) is 17.7. The number of nitrogens with two attached hydrogens (primary N) is 1. The molecule has 3 aromatic rings. The summed E-state index contributed by atoms with van der Waals surface area (Å²) in [5.74, 6) is -1.39. The summed E-state index contributed by atoms with van der Waals surface area (Å²) < 4.78 is 36.3. The summed E-state index contributed by atoms with van der Waals surface area (Å²) in [6, 6.07) is 18.0. The van der Waals surface area contributed by atoms with Crippen molar-refractivity contribution in [3.8, 4) is 0 Å². The molecule has 0 aliphatic heterocycles. The molecule has 0 saturated carbocycles. The van der Waals surface area contributed by atoms with E-state index in [9.17, 15) is 22.4 Å². The number of anilines is 2. The Hall–Kier alpha value is -3.21. The molecule has 7 nitrogen and oxygen atoms in total. The van der Waals surface area contributed by atoms with Crippen molar-refractivity contribution in [2.24, 2.45) is 5.14 Å². The molecule has 10 heteroatoms. The van der Waals surface area contributed by atoms with Gasteiger partial charge in [0.15, 0.2) is 0 Å². The average Bonchev–Trinajstić information content (AvgIpc) is 2.72. The third kappa shape index (κ3) is 6.38. The highest BCUT2D eigenvalue weighted by molar-refractivity contribution is 8.00. The van der Waals surface area contributed by atoms with E-state index in [0.29, 0.717) is 11.4 Å². The first-order valence-corrected chi connectivity index (χ1v) is 11.5. The molecule has 31 heavy (non-hydrogen) atoms. The van der Waals surface area contributed by atoms with Crippen LogP contribution in [-0.4, -0.2) is 26.0 Å². The summed E-state index contributed by atoms with van der Waals surface area (Å²) in [4.78, 5) is 25.1. The summed E-state index contributed by atoms with van der Waals surface area (Å²) in [5.41, 5.74) is 0.842. The number of hydrogen-bond acceptors (Lipinski definition) is 5. The number of primary sulfonamides is 1. The summed E-state index contributed by atoms with van der Waals surface area (Å²) in [6.45, 7) is 0. The highest BCUT2D eigenvalue weighted by atomic mass is 32.2. The molecule has 0 unspecified atom stereocenters. The third-order valence-corrected chi connectivity index (χ3v) is 5.97. The maximum Gasteiger partial charge on any atom is 0.258 e. The van der Waals surface area contributed by atoms with Crippen LogP contribution in [0.15, 0.2) is 82.6 Å². The highest BCUT2D eigenvalue weighted by Gasteiger charge is 2.12. The first kappa shape index (κ1) is 22.5. The van der Waals surface area contributed by atoms with Gasteiger partial charge in [0, 0.05) is 16.3 Å². The minimum Gasteiger partial charge on any atom is -0.325 e. The lowest BCUT2D eigenvalue weighted by molar-refractivity contribution is -0.113. The smallest absolute Gasteiger partial charge is 0.258 e. The van der Waals surface area contributed by atoms with Crippen molar-refractivity contribution < 1.29 is 22.4 Å². The molecule has 0 spiro atoms. The van der Waals surface area contributed by atoms with E-state index < -0.39 is 21.7 Å². The lowest BCUT2D eigenvalue weighted by Crippen LogP contribution is -2.15. The van der Waals surface area contributed by atoms with Crippen LogP contribution in [0.4, 0.5) is 15.8 Å². The monoisotopic (exact) mass is 459 g/mol. The lowest BCUT2D eigenvalue weighted by Gasteiger charge is -2.09. The van der Waals surface area contributed by atoms with Gasteiger partial charge < -0.3 is 10.6 Å². The predicted molar refractivity (Wildman–Crippen MR) is 118 cm³/mol. The molecule has 0 aromatic heterocycles. The van der Waals surface area contributed by atoms with Gasteiger partial charge in [-0.15, -0.1) is 11.8 Å². The topological polar surface area (TPSA) is 118 Å². The molecule has 0 heterocycles. The number of benzene rings is 3.